The Bertz CT molecular complexity index is 957. The molecule has 1 aliphatic rings. The molecule has 3 aromatic rings. The van der Waals surface area contributed by atoms with Crippen LogP contribution in [0.4, 0.5) is 24.5 Å². The van der Waals surface area contributed by atoms with Crippen LogP contribution in [0.15, 0.2) is 72.8 Å². The third-order valence-electron chi connectivity index (χ3n) is 4.77. The summed E-state index contributed by atoms with van der Waals surface area (Å²) < 4.78 is 38.3. The van der Waals surface area contributed by atoms with Crippen LogP contribution in [0.3, 0.4) is 0 Å². The molecule has 0 atom stereocenters. The maximum absolute atomic E-state index is 12.8. The number of benzene rings is 3. The minimum Gasteiger partial charge on any atom is -0.341 e. The fourth-order valence-electron chi connectivity index (χ4n) is 3.38. The molecule has 0 aliphatic carbocycles. The van der Waals surface area contributed by atoms with Gasteiger partial charge in [0.05, 0.1) is 5.56 Å². The first kappa shape index (κ1) is 17.4. The number of alkyl halides is 3. The molecule has 0 saturated carbocycles. The molecule has 4 heteroatoms. The summed E-state index contributed by atoms with van der Waals surface area (Å²) in [4.78, 5) is 2.07. The van der Waals surface area contributed by atoms with Gasteiger partial charge in [-0.1, -0.05) is 48.6 Å². The van der Waals surface area contributed by atoms with Gasteiger partial charge in [0.1, 0.15) is 0 Å². The number of hydrogen-bond donors (Lipinski definition) is 0. The Morgan fingerprint density at radius 1 is 0.778 bits per heavy atom. The van der Waals surface area contributed by atoms with Crippen LogP contribution in [0.25, 0.3) is 12.2 Å². The summed E-state index contributed by atoms with van der Waals surface area (Å²) in [5, 5.41) is 0. The quantitative estimate of drug-likeness (QED) is 0.475. The Morgan fingerprint density at radius 2 is 1.48 bits per heavy atom. The second-order valence-electron chi connectivity index (χ2n) is 6.58. The Morgan fingerprint density at radius 3 is 2.19 bits per heavy atom. The topological polar surface area (TPSA) is 3.24 Å². The van der Waals surface area contributed by atoms with Gasteiger partial charge in [-0.2, -0.15) is 13.2 Å². The molecule has 0 fully saturated rings. The molecular weight excluding hydrogens is 347 g/mol. The number of nitrogens with zero attached hydrogens (tertiary/aromatic N) is 1. The number of anilines is 2. The van der Waals surface area contributed by atoms with Crippen molar-refractivity contribution in [2.45, 2.75) is 12.6 Å². The van der Waals surface area contributed by atoms with Crippen LogP contribution in [0.1, 0.15) is 22.3 Å². The van der Waals surface area contributed by atoms with Gasteiger partial charge in [0.25, 0.3) is 0 Å². The molecule has 3 aromatic carbocycles. The van der Waals surface area contributed by atoms with Gasteiger partial charge < -0.3 is 4.90 Å². The molecule has 1 heterocycles. The zero-order valence-corrected chi connectivity index (χ0v) is 14.6. The van der Waals surface area contributed by atoms with Crippen LogP contribution in [-0.4, -0.2) is 6.54 Å². The summed E-state index contributed by atoms with van der Waals surface area (Å²) in [5.41, 5.74) is 4.70. The fourth-order valence-corrected chi connectivity index (χ4v) is 3.38. The van der Waals surface area contributed by atoms with E-state index in [1.54, 1.807) is 12.1 Å². The lowest BCUT2D eigenvalue weighted by Gasteiger charge is -2.20. The Balaban J connectivity index is 1.55. The number of hydrogen-bond acceptors (Lipinski definition) is 1. The molecule has 1 nitrogen and oxygen atoms in total. The second kappa shape index (κ2) is 6.95. The normalized spacial score (nSPS) is 14.0. The highest BCUT2D eigenvalue weighted by Gasteiger charge is 2.30. The smallest absolute Gasteiger partial charge is 0.341 e. The van der Waals surface area contributed by atoms with Gasteiger partial charge in [0.15, 0.2) is 0 Å². The first-order chi connectivity index (χ1) is 13.0. The number of halogens is 3. The van der Waals surface area contributed by atoms with Crippen LogP contribution < -0.4 is 4.90 Å². The molecule has 0 radical (unpaired) electrons. The third kappa shape index (κ3) is 3.75. The van der Waals surface area contributed by atoms with Crippen LogP contribution in [0, 0.1) is 0 Å². The van der Waals surface area contributed by atoms with Crippen molar-refractivity contribution in [1.82, 2.24) is 0 Å². The summed E-state index contributed by atoms with van der Waals surface area (Å²) >= 11 is 0. The maximum Gasteiger partial charge on any atom is 0.416 e. The Hall–Kier alpha value is -3.01. The maximum atomic E-state index is 12.8. The first-order valence-corrected chi connectivity index (χ1v) is 8.81. The molecule has 0 amide bonds. The first-order valence-electron chi connectivity index (χ1n) is 8.81. The van der Waals surface area contributed by atoms with Gasteiger partial charge in [-0.05, 0) is 59.5 Å². The lowest BCUT2D eigenvalue weighted by atomic mass is 10.1. The molecule has 1 aliphatic heterocycles. The van der Waals surface area contributed by atoms with Gasteiger partial charge in [-0.15, -0.1) is 0 Å². The van der Waals surface area contributed by atoms with E-state index in [1.807, 2.05) is 30.3 Å². The molecule has 0 bridgehead atoms. The highest BCUT2D eigenvalue weighted by atomic mass is 19.4. The van der Waals surface area contributed by atoms with E-state index in [0.717, 1.165) is 47.6 Å². The minimum absolute atomic E-state index is 0.618. The van der Waals surface area contributed by atoms with E-state index < -0.39 is 11.7 Å². The van der Waals surface area contributed by atoms with Crippen molar-refractivity contribution in [2.75, 3.05) is 11.4 Å². The number of fused-ring (bicyclic) bond motifs is 1. The fraction of sp³-hybridized carbons (Fsp3) is 0.130. The van der Waals surface area contributed by atoms with Crippen LogP contribution in [0.2, 0.25) is 0 Å². The lowest BCUT2D eigenvalue weighted by Crippen LogP contribution is -2.13. The van der Waals surface area contributed by atoms with Crippen molar-refractivity contribution in [1.29, 1.82) is 0 Å². The second-order valence-corrected chi connectivity index (χ2v) is 6.58. The van der Waals surface area contributed by atoms with E-state index in [2.05, 4.69) is 35.3 Å². The summed E-state index contributed by atoms with van der Waals surface area (Å²) in [7, 11) is 0. The van der Waals surface area contributed by atoms with E-state index >= 15 is 0 Å². The molecule has 0 unspecified atom stereocenters. The average Bonchev–Trinajstić information content (AvgIpc) is 3.10. The lowest BCUT2D eigenvalue weighted by molar-refractivity contribution is -0.137. The predicted octanol–water partition coefficient (Wildman–Crippen LogP) is 6.57. The predicted molar refractivity (Wildman–Crippen MR) is 104 cm³/mol. The van der Waals surface area contributed by atoms with Crippen molar-refractivity contribution < 1.29 is 13.2 Å². The van der Waals surface area contributed by atoms with E-state index in [1.165, 1.54) is 5.56 Å². The SMILES string of the molecule is FC(F)(F)c1ccc(N2CCc3cc(/C=C/c4ccccc4)ccc32)cc1. The van der Waals surface area contributed by atoms with Crippen molar-refractivity contribution in [3.05, 3.63) is 95.1 Å². The van der Waals surface area contributed by atoms with Crippen LogP contribution in [-0.2, 0) is 12.6 Å². The standard InChI is InChI=1S/C23H18F3N/c24-23(25,26)20-9-11-21(12-10-20)27-15-14-19-16-18(8-13-22(19)27)7-6-17-4-2-1-3-5-17/h1-13,16H,14-15H2/b7-6+. The largest absolute Gasteiger partial charge is 0.416 e. The van der Waals surface area contributed by atoms with Gasteiger partial charge in [0, 0.05) is 17.9 Å². The van der Waals surface area contributed by atoms with Crippen molar-refractivity contribution >= 4 is 23.5 Å². The zero-order chi connectivity index (χ0) is 18.9. The van der Waals surface area contributed by atoms with Crippen LogP contribution in [0.5, 0.6) is 0 Å². The van der Waals surface area contributed by atoms with Crippen molar-refractivity contribution in [2.24, 2.45) is 0 Å². The van der Waals surface area contributed by atoms with Crippen LogP contribution >= 0.6 is 0 Å². The molecular formula is C23H18F3N. The van der Waals surface area contributed by atoms with Gasteiger partial charge in [-0.25, -0.2) is 0 Å². The summed E-state index contributed by atoms with van der Waals surface area (Å²) in [6, 6.07) is 21.7. The van der Waals surface area contributed by atoms with Crippen molar-refractivity contribution in [3.63, 3.8) is 0 Å². The molecule has 0 N–H and O–H groups in total. The summed E-state index contributed by atoms with van der Waals surface area (Å²) in [6.07, 6.45) is 0.728. The average molecular weight is 365 g/mol. The van der Waals surface area contributed by atoms with E-state index in [-0.39, 0.29) is 0 Å². The molecule has 136 valence electrons. The third-order valence-corrected chi connectivity index (χ3v) is 4.77. The Labute approximate surface area is 156 Å². The zero-order valence-electron chi connectivity index (χ0n) is 14.6. The van der Waals surface area contributed by atoms with Gasteiger partial charge >= 0.3 is 6.18 Å². The highest BCUT2D eigenvalue weighted by molar-refractivity contribution is 5.75. The van der Waals surface area contributed by atoms with E-state index in [4.69, 9.17) is 0 Å². The van der Waals surface area contributed by atoms with E-state index in [9.17, 15) is 13.2 Å². The number of rotatable bonds is 3. The minimum atomic E-state index is -4.30. The molecule has 0 spiro atoms. The summed E-state index contributed by atoms with van der Waals surface area (Å²) in [5.74, 6) is 0. The molecule has 4 rings (SSSR count). The molecule has 0 saturated heterocycles. The Kier molecular flexibility index (Phi) is 4.48. The van der Waals surface area contributed by atoms with Gasteiger partial charge in [-0.3, -0.25) is 0 Å². The summed E-state index contributed by atoms with van der Waals surface area (Å²) in [6.45, 7) is 0.770. The van der Waals surface area contributed by atoms with Gasteiger partial charge in [0.2, 0.25) is 0 Å². The van der Waals surface area contributed by atoms with E-state index in [0.29, 0.717) is 0 Å². The monoisotopic (exact) mass is 365 g/mol. The van der Waals surface area contributed by atoms with Crippen molar-refractivity contribution in [3.8, 4) is 0 Å². The highest BCUT2D eigenvalue weighted by Crippen LogP contribution is 2.37. The molecule has 0 aromatic heterocycles. The molecule has 27 heavy (non-hydrogen) atoms.